The van der Waals surface area contributed by atoms with Gasteiger partial charge in [-0.3, -0.25) is 14.5 Å². The lowest BCUT2D eigenvalue weighted by molar-refractivity contribution is -0.120. The minimum atomic E-state index is -0.428. The minimum absolute atomic E-state index is 0.132. The molecule has 0 bridgehead atoms. The largest absolute Gasteiger partial charge is 0.493 e. The van der Waals surface area contributed by atoms with Gasteiger partial charge in [0, 0.05) is 17.7 Å². The van der Waals surface area contributed by atoms with E-state index in [1.54, 1.807) is 50.6 Å². The summed E-state index contributed by atoms with van der Waals surface area (Å²) in [5.74, 6) is 0.974. The van der Waals surface area contributed by atoms with Crippen LogP contribution in [0.2, 0.25) is 0 Å². The van der Waals surface area contributed by atoms with E-state index in [1.807, 2.05) is 55.3 Å². The van der Waals surface area contributed by atoms with Gasteiger partial charge in [0.05, 0.1) is 25.9 Å². The summed E-state index contributed by atoms with van der Waals surface area (Å²) >= 11 is 0. The third kappa shape index (κ3) is 5.34. The van der Waals surface area contributed by atoms with E-state index in [0.717, 1.165) is 5.56 Å². The summed E-state index contributed by atoms with van der Waals surface area (Å²) in [6, 6.07) is 21.3. The van der Waals surface area contributed by atoms with E-state index in [9.17, 15) is 9.59 Å². The van der Waals surface area contributed by atoms with Gasteiger partial charge in [0.2, 0.25) is 5.91 Å². The Morgan fingerprint density at radius 1 is 0.906 bits per heavy atom. The van der Waals surface area contributed by atoms with Crippen LogP contribution in [0.3, 0.4) is 0 Å². The van der Waals surface area contributed by atoms with Crippen molar-refractivity contribution >= 4 is 17.4 Å². The van der Waals surface area contributed by atoms with Crippen LogP contribution in [-0.2, 0) is 11.3 Å². The Bertz CT molecular complexity index is 1080. The van der Waals surface area contributed by atoms with Crippen molar-refractivity contribution in [1.29, 1.82) is 0 Å². The van der Waals surface area contributed by atoms with E-state index in [0.29, 0.717) is 34.9 Å². The number of carbonyl (C=O) groups excluding carboxylic acids is 2. The van der Waals surface area contributed by atoms with Crippen LogP contribution < -0.4 is 14.8 Å². The maximum Gasteiger partial charge on any atom is 0.241 e. The van der Waals surface area contributed by atoms with E-state index < -0.39 is 6.04 Å². The zero-order chi connectivity index (χ0) is 23.1. The lowest BCUT2D eigenvalue weighted by atomic mass is 10.0. The first-order valence-corrected chi connectivity index (χ1v) is 10.4. The zero-order valence-corrected chi connectivity index (χ0v) is 18.8. The smallest absolute Gasteiger partial charge is 0.241 e. The Kier molecular flexibility index (Phi) is 7.63. The van der Waals surface area contributed by atoms with Crippen molar-refractivity contribution in [2.24, 2.45) is 0 Å². The van der Waals surface area contributed by atoms with Crippen molar-refractivity contribution < 1.29 is 19.1 Å². The standard InChI is InChI=1S/C26H28N2O4/c1-18(28(2)17-19-14-15-23(31-3)24(16-19)32-4)26(30)27-22-13-9-8-12-21(22)25(29)20-10-6-5-7-11-20/h5-16,18H,17H2,1-4H3,(H,27,30). The van der Waals surface area contributed by atoms with Gasteiger partial charge in [0.25, 0.3) is 0 Å². The second-order valence-electron chi connectivity index (χ2n) is 7.51. The van der Waals surface area contributed by atoms with Gasteiger partial charge < -0.3 is 14.8 Å². The predicted molar refractivity (Wildman–Crippen MR) is 125 cm³/mol. The molecule has 0 fully saturated rings. The van der Waals surface area contributed by atoms with Crippen LogP contribution >= 0.6 is 0 Å². The molecular formula is C26H28N2O4. The van der Waals surface area contributed by atoms with E-state index in [-0.39, 0.29) is 11.7 Å². The van der Waals surface area contributed by atoms with Gasteiger partial charge in [0.15, 0.2) is 17.3 Å². The van der Waals surface area contributed by atoms with E-state index in [1.165, 1.54) is 0 Å². The molecule has 1 atom stereocenters. The predicted octanol–water partition coefficient (Wildman–Crippen LogP) is 4.39. The fourth-order valence-corrected chi connectivity index (χ4v) is 3.38. The monoisotopic (exact) mass is 432 g/mol. The summed E-state index contributed by atoms with van der Waals surface area (Å²) in [6.45, 7) is 2.37. The summed E-state index contributed by atoms with van der Waals surface area (Å²) in [7, 11) is 5.06. The third-order valence-corrected chi connectivity index (χ3v) is 5.39. The molecule has 6 nitrogen and oxygen atoms in total. The fraction of sp³-hybridized carbons (Fsp3) is 0.231. The van der Waals surface area contributed by atoms with Crippen LogP contribution in [-0.4, -0.2) is 43.9 Å². The molecule has 3 aromatic rings. The number of likely N-dealkylation sites (N-methyl/N-ethyl adjacent to an activating group) is 1. The number of nitrogens with one attached hydrogen (secondary N) is 1. The minimum Gasteiger partial charge on any atom is -0.493 e. The Labute approximate surface area is 188 Å². The number of para-hydroxylation sites is 1. The summed E-state index contributed by atoms with van der Waals surface area (Å²) in [6.07, 6.45) is 0. The van der Waals surface area contributed by atoms with Gasteiger partial charge in [-0.1, -0.05) is 48.5 Å². The van der Waals surface area contributed by atoms with Crippen molar-refractivity contribution in [3.8, 4) is 11.5 Å². The second-order valence-corrected chi connectivity index (χ2v) is 7.51. The van der Waals surface area contributed by atoms with Gasteiger partial charge in [-0.2, -0.15) is 0 Å². The number of hydrogen-bond donors (Lipinski definition) is 1. The highest BCUT2D eigenvalue weighted by Gasteiger charge is 2.21. The molecule has 32 heavy (non-hydrogen) atoms. The highest BCUT2D eigenvalue weighted by molar-refractivity contribution is 6.14. The van der Waals surface area contributed by atoms with E-state index in [4.69, 9.17) is 9.47 Å². The van der Waals surface area contributed by atoms with Gasteiger partial charge in [-0.25, -0.2) is 0 Å². The molecule has 0 saturated heterocycles. The maximum absolute atomic E-state index is 13.0. The number of rotatable bonds is 9. The maximum atomic E-state index is 13.0. The van der Waals surface area contributed by atoms with E-state index >= 15 is 0 Å². The first-order valence-electron chi connectivity index (χ1n) is 10.4. The normalized spacial score (nSPS) is 11.7. The fourth-order valence-electron chi connectivity index (χ4n) is 3.38. The molecule has 0 heterocycles. The number of nitrogens with zero attached hydrogens (tertiary/aromatic N) is 1. The van der Waals surface area contributed by atoms with Gasteiger partial charge in [-0.15, -0.1) is 0 Å². The number of carbonyl (C=O) groups is 2. The molecule has 0 saturated carbocycles. The molecule has 3 aromatic carbocycles. The average molecular weight is 433 g/mol. The Hall–Kier alpha value is -3.64. The van der Waals surface area contributed by atoms with Crippen molar-refractivity contribution in [2.75, 3.05) is 26.6 Å². The average Bonchev–Trinajstić information content (AvgIpc) is 2.83. The quantitative estimate of drug-likeness (QED) is 0.508. The second kappa shape index (κ2) is 10.6. The van der Waals surface area contributed by atoms with Crippen LogP contribution in [0.15, 0.2) is 72.8 Å². The van der Waals surface area contributed by atoms with Crippen LogP contribution in [0.4, 0.5) is 5.69 Å². The van der Waals surface area contributed by atoms with Gasteiger partial charge in [0.1, 0.15) is 0 Å². The molecule has 0 spiro atoms. The highest BCUT2D eigenvalue weighted by atomic mass is 16.5. The van der Waals surface area contributed by atoms with Crippen molar-refractivity contribution in [3.63, 3.8) is 0 Å². The number of methoxy groups -OCH3 is 2. The molecule has 1 amide bonds. The lowest BCUT2D eigenvalue weighted by Crippen LogP contribution is -2.39. The molecule has 1 N–H and O–H groups in total. The summed E-state index contributed by atoms with van der Waals surface area (Å²) in [5.41, 5.74) is 2.52. The first-order chi connectivity index (χ1) is 15.4. The molecule has 166 valence electrons. The van der Waals surface area contributed by atoms with Crippen LogP contribution in [0.5, 0.6) is 11.5 Å². The lowest BCUT2D eigenvalue weighted by Gasteiger charge is -2.24. The summed E-state index contributed by atoms with van der Waals surface area (Å²) < 4.78 is 10.6. The van der Waals surface area contributed by atoms with Crippen LogP contribution in [0.1, 0.15) is 28.4 Å². The first kappa shape index (κ1) is 23.0. The van der Waals surface area contributed by atoms with Crippen molar-refractivity contribution in [3.05, 3.63) is 89.5 Å². The third-order valence-electron chi connectivity index (χ3n) is 5.39. The molecule has 0 aliphatic heterocycles. The number of hydrogen-bond acceptors (Lipinski definition) is 5. The molecule has 0 aliphatic rings. The molecule has 0 aromatic heterocycles. The molecule has 6 heteroatoms. The molecular weight excluding hydrogens is 404 g/mol. The Balaban J connectivity index is 1.71. The van der Waals surface area contributed by atoms with Gasteiger partial charge >= 0.3 is 0 Å². The molecule has 1 unspecified atom stereocenters. The van der Waals surface area contributed by atoms with Crippen LogP contribution in [0, 0.1) is 0 Å². The molecule has 0 aliphatic carbocycles. The number of ketones is 1. The number of anilines is 1. The summed E-state index contributed by atoms with van der Waals surface area (Å²) in [5, 5.41) is 2.92. The zero-order valence-electron chi connectivity index (χ0n) is 18.8. The molecule has 3 rings (SSSR count). The van der Waals surface area contributed by atoms with Crippen molar-refractivity contribution in [2.45, 2.75) is 19.5 Å². The number of benzene rings is 3. The van der Waals surface area contributed by atoms with Crippen molar-refractivity contribution in [1.82, 2.24) is 4.90 Å². The molecule has 0 radical (unpaired) electrons. The van der Waals surface area contributed by atoms with E-state index in [2.05, 4.69) is 5.32 Å². The number of ether oxygens (including phenoxy) is 2. The SMILES string of the molecule is COc1ccc(CN(C)C(C)C(=O)Nc2ccccc2C(=O)c2ccccc2)cc1OC. The van der Waals surface area contributed by atoms with Gasteiger partial charge in [-0.05, 0) is 43.8 Å². The highest BCUT2D eigenvalue weighted by Crippen LogP contribution is 2.28. The van der Waals surface area contributed by atoms with Crippen LogP contribution in [0.25, 0.3) is 0 Å². The Morgan fingerprint density at radius 2 is 1.56 bits per heavy atom. The summed E-state index contributed by atoms with van der Waals surface area (Å²) in [4.78, 5) is 27.8. The Morgan fingerprint density at radius 3 is 2.25 bits per heavy atom. The topological polar surface area (TPSA) is 67.9 Å². The number of amides is 1.